The van der Waals surface area contributed by atoms with Gasteiger partial charge in [-0.3, -0.25) is 4.98 Å². The predicted molar refractivity (Wildman–Crippen MR) is 92.3 cm³/mol. The number of amides is 2. The summed E-state index contributed by atoms with van der Waals surface area (Å²) in [4.78, 5) is 18.4. The second-order valence-corrected chi connectivity index (χ2v) is 6.28. The van der Waals surface area contributed by atoms with E-state index in [9.17, 15) is 14.3 Å². The van der Waals surface area contributed by atoms with Crippen molar-refractivity contribution in [1.82, 2.24) is 15.2 Å². The van der Waals surface area contributed by atoms with Gasteiger partial charge < -0.3 is 15.3 Å². The lowest BCUT2D eigenvalue weighted by Crippen LogP contribution is -2.40. The fourth-order valence-electron chi connectivity index (χ4n) is 3.18. The number of urea groups is 1. The number of aryl methyl sites for hydroxylation is 1. The van der Waals surface area contributed by atoms with Crippen molar-refractivity contribution in [2.75, 3.05) is 6.54 Å². The number of halogens is 1. The molecule has 2 aromatic rings. The average Bonchev–Trinajstić information content (AvgIpc) is 3.02. The molecular formula is C19H22FN3O2. The van der Waals surface area contributed by atoms with Crippen molar-refractivity contribution in [3.63, 3.8) is 0 Å². The number of pyridine rings is 1. The van der Waals surface area contributed by atoms with Crippen LogP contribution in [0.5, 0.6) is 0 Å². The van der Waals surface area contributed by atoms with Crippen LogP contribution in [0.3, 0.4) is 0 Å². The highest BCUT2D eigenvalue weighted by Gasteiger charge is 2.35. The fraction of sp³-hybridized carbons (Fsp3) is 0.368. The zero-order chi connectivity index (χ0) is 17.8. The van der Waals surface area contributed by atoms with Crippen LogP contribution in [0.1, 0.15) is 36.2 Å². The molecule has 1 saturated heterocycles. The molecule has 0 aliphatic carbocycles. The molecular weight excluding hydrogens is 321 g/mol. The Hall–Kier alpha value is -2.47. The standard InChI is InChI=1S/C19H22FN3O2/c1-2-13-6-7-21-16(8-13)11-22-19(25)23-12-17(24)10-18(23)14-4-3-5-15(20)9-14/h3-9,17-18,24H,2,10-12H2,1H3,(H,22,25)/t17-,18-/m1/s1. The molecule has 0 radical (unpaired) electrons. The van der Waals surface area contributed by atoms with Gasteiger partial charge >= 0.3 is 6.03 Å². The highest BCUT2D eigenvalue weighted by molar-refractivity contribution is 5.75. The Morgan fingerprint density at radius 1 is 1.40 bits per heavy atom. The summed E-state index contributed by atoms with van der Waals surface area (Å²) >= 11 is 0. The molecule has 0 saturated carbocycles. The third-order valence-electron chi connectivity index (χ3n) is 4.48. The number of carbonyl (C=O) groups excluding carboxylic acids is 1. The van der Waals surface area contributed by atoms with Crippen LogP contribution in [-0.2, 0) is 13.0 Å². The average molecular weight is 343 g/mol. The largest absolute Gasteiger partial charge is 0.391 e. The molecule has 25 heavy (non-hydrogen) atoms. The molecule has 0 unspecified atom stereocenters. The summed E-state index contributed by atoms with van der Waals surface area (Å²) < 4.78 is 13.5. The summed E-state index contributed by atoms with van der Waals surface area (Å²) in [5.74, 6) is -0.347. The number of β-amino-alcohol motifs (C(OH)–C–C–N with tert-alkyl or cyclic N) is 1. The topological polar surface area (TPSA) is 65.5 Å². The van der Waals surface area contributed by atoms with Crippen molar-refractivity contribution in [3.05, 3.63) is 65.2 Å². The molecule has 132 valence electrons. The number of nitrogens with one attached hydrogen (secondary N) is 1. The molecule has 1 aromatic heterocycles. The van der Waals surface area contributed by atoms with Gasteiger partial charge in [0.2, 0.25) is 0 Å². The number of aliphatic hydroxyl groups excluding tert-OH is 1. The SMILES string of the molecule is CCc1ccnc(CNC(=O)N2C[C@H](O)C[C@@H]2c2cccc(F)c2)c1. The molecule has 1 aromatic carbocycles. The number of nitrogens with zero attached hydrogens (tertiary/aromatic N) is 2. The first-order valence-electron chi connectivity index (χ1n) is 8.48. The van der Waals surface area contributed by atoms with E-state index in [1.807, 2.05) is 12.1 Å². The molecule has 1 aliphatic rings. The van der Waals surface area contributed by atoms with Gasteiger partial charge in [-0.15, -0.1) is 0 Å². The van der Waals surface area contributed by atoms with Crippen LogP contribution in [-0.4, -0.2) is 33.7 Å². The van der Waals surface area contributed by atoms with Crippen LogP contribution in [0.2, 0.25) is 0 Å². The number of rotatable bonds is 4. The number of likely N-dealkylation sites (tertiary alicyclic amines) is 1. The van der Waals surface area contributed by atoms with Gasteiger partial charge in [-0.1, -0.05) is 19.1 Å². The minimum atomic E-state index is -0.611. The molecule has 1 aliphatic heterocycles. The fourth-order valence-corrected chi connectivity index (χ4v) is 3.18. The molecule has 3 rings (SSSR count). The van der Waals surface area contributed by atoms with E-state index in [-0.39, 0.29) is 24.4 Å². The van der Waals surface area contributed by atoms with Crippen LogP contribution in [0.4, 0.5) is 9.18 Å². The van der Waals surface area contributed by atoms with Crippen LogP contribution in [0.15, 0.2) is 42.6 Å². The molecule has 2 N–H and O–H groups in total. The number of benzene rings is 1. The zero-order valence-electron chi connectivity index (χ0n) is 14.2. The van der Waals surface area contributed by atoms with Gasteiger partial charge in [-0.05, 0) is 48.2 Å². The Morgan fingerprint density at radius 2 is 2.24 bits per heavy atom. The second kappa shape index (κ2) is 7.61. The third-order valence-corrected chi connectivity index (χ3v) is 4.48. The molecule has 0 bridgehead atoms. The highest BCUT2D eigenvalue weighted by Crippen LogP contribution is 2.32. The maximum absolute atomic E-state index is 13.5. The Balaban J connectivity index is 1.69. The van der Waals surface area contributed by atoms with E-state index in [4.69, 9.17) is 0 Å². The summed E-state index contributed by atoms with van der Waals surface area (Å²) in [7, 11) is 0. The van der Waals surface area contributed by atoms with Crippen LogP contribution in [0.25, 0.3) is 0 Å². The maximum atomic E-state index is 13.5. The molecule has 2 atom stereocenters. The normalized spacial score (nSPS) is 19.9. The van der Waals surface area contributed by atoms with Gasteiger partial charge in [0, 0.05) is 12.7 Å². The third kappa shape index (κ3) is 4.14. The number of aromatic nitrogens is 1. The van der Waals surface area contributed by atoms with E-state index in [2.05, 4.69) is 17.2 Å². The van der Waals surface area contributed by atoms with Crippen LogP contribution < -0.4 is 5.32 Å². The van der Waals surface area contributed by atoms with E-state index in [0.717, 1.165) is 17.7 Å². The van der Waals surface area contributed by atoms with Gasteiger partial charge in [0.25, 0.3) is 0 Å². The van der Waals surface area contributed by atoms with Crippen molar-refractivity contribution in [1.29, 1.82) is 0 Å². The predicted octanol–water partition coefficient (Wildman–Crippen LogP) is 2.80. The maximum Gasteiger partial charge on any atom is 0.318 e. The van der Waals surface area contributed by atoms with Crippen molar-refractivity contribution in [2.45, 2.75) is 38.5 Å². The van der Waals surface area contributed by atoms with Crippen LogP contribution >= 0.6 is 0 Å². The monoisotopic (exact) mass is 343 g/mol. The van der Waals surface area contributed by atoms with E-state index in [1.165, 1.54) is 12.1 Å². The minimum Gasteiger partial charge on any atom is -0.391 e. The molecule has 6 heteroatoms. The Labute approximate surface area is 146 Å². The summed E-state index contributed by atoms with van der Waals surface area (Å²) in [6, 6.07) is 9.46. The Bertz CT molecular complexity index is 753. The van der Waals surface area contributed by atoms with Crippen molar-refractivity contribution in [3.8, 4) is 0 Å². The Morgan fingerprint density at radius 3 is 3.00 bits per heavy atom. The second-order valence-electron chi connectivity index (χ2n) is 6.28. The smallest absolute Gasteiger partial charge is 0.318 e. The number of carbonyl (C=O) groups is 1. The van der Waals surface area contributed by atoms with Gasteiger partial charge in [0.15, 0.2) is 0 Å². The summed E-state index contributed by atoms with van der Waals surface area (Å²) in [6.45, 7) is 2.61. The van der Waals surface area contributed by atoms with Gasteiger partial charge in [0.1, 0.15) is 5.82 Å². The van der Waals surface area contributed by atoms with Gasteiger partial charge in [-0.2, -0.15) is 0 Å². The van der Waals surface area contributed by atoms with Crippen LogP contribution in [0, 0.1) is 5.82 Å². The first-order chi connectivity index (χ1) is 12.1. The quantitative estimate of drug-likeness (QED) is 0.897. The first kappa shape index (κ1) is 17.4. The first-order valence-corrected chi connectivity index (χ1v) is 8.48. The van der Waals surface area contributed by atoms with Gasteiger partial charge in [-0.25, -0.2) is 9.18 Å². The lowest BCUT2D eigenvalue weighted by molar-refractivity contribution is 0.169. The number of hydrogen-bond acceptors (Lipinski definition) is 3. The molecule has 2 amide bonds. The molecule has 1 fully saturated rings. The summed E-state index contributed by atoms with van der Waals surface area (Å²) in [5, 5.41) is 12.8. The summed E-state index contributed by atoms with van der Waals surface area (Å²) in [5.41, 5.74) is 2.64. The number of aliphatic hydroxyl groups is 1. The molecule has 2 heterocycles. The van der Waals surface area contributed by atoms with Crippen molar-refractivity contribution in [2.24, 2.45) is 0 Å². The number of hydrogen-bond donors (Lipinski definition) is 2. The van der Waals surface area contributed by atoms with Crippen molar-refractivity contribution >= 4 is 6.03 Å². The Kier molecular flexibility index (Phi) is 5.28. The van der Waals surface area contributed by atoms with Gasteiger partial charge in [0.05, 0.1) is 24.4 Å². The summed E-state index contributed by atoms with van der Waals surface area (Å²) in [6.07, 6.45) is 2.43. The zero-order valence-corrected chi connectivity index (χ0v) is 14.2. The van der Waals surface area contributed by atoms with E-state index in [1.54, 1.807) is 23.2 Å². The van der Waals surface area contributed by atoms with Crippen molar-refractivity contribution < 1.29 is 14.3 Å². The van der Waals surface area contributed by atoms with E-state index in [0.29, 0.717) is 18.5 Å². The molecule has 5 nitrogen and oxygen atoms in total. The van der Waals surface area contributed by atoms with E-state index >= 15 is 0 Å². The van der Waals surface area contributed by atoms with E-state index < -0.39 is 6.10 Å². The molecule has 0 spiro atoms. The minimum absolute atomic E-state index is 0.232. The highest BCUT2D eigenvalue weighted by atomic mass is 19.1. The lowest BCUT2D eigenvalue weighted by Gasteiger charge is -2.25. The lowest BCUT2D eigenvalue weighted by atomic mass is 10.0.